The molecule has 0 unspecified atom stereocenters. The molecular weight excluding hydrogens is 599 g/mol. The number of hydrogen-bond acceptors (Lipinski definition) is 9. The number of rotatable bonds is 9. The van der Waals surface area contributed by atoms with Crippen LogP contribution in [0, 0.1) is 5.82 Å². The van der Waals surface area contributed by atoms with Crippen LogP contribution in [0.2, 0.25) is 0 Å². The summed E-state index contributed by atoms with van der Waals surface area (Å²) in [6.07, 6.45) is 5.94. The SMILES string of the molecule is C=CC(=O)N1CCC(Nc2cc3c(Nc4ccc(Oc5ccnc(N6CCCC(F)(F)C6)c5)cc4F)ncnc3cc2OC)CC1. The van der Waals surface area contributed by atoms with Crippen molar-refractivity contribution in [1.29, 1.82) is 0 Å². The topological polar surface area (TPSA) is 105 Å². The second-order valence-corrected chi connectivity index (χ2v) is 11.3. The number of carbonyl (C=O) groups excluding carboxylic acids is 1. The van der Waals surface area contributed by atoms with Crippen molar-refractivity contribution in [3.8, 4) is 17.2 Å². The molecule has 2 aliphatic rings. The Labute approximate surface area is 264 Å². The number of likely N-dealkylation sites (tertiary alicyclic amines) is 1. The first-order valence-electron chi connectivity index (χ1n) is 15.1. The summed E-state index contributed by atoms with van der Waals surface area (Å²) in [4.78, 5) is 28.2. The van der Waals surface area contributed by atoms with Crippen molar-refractivity contribution >= 4 is 39.8 Å². The van der Waals surface area contributed by atoms with Crippen LogP contribution in [-0.2, 0) is 4.79 Å². The van der Waals surface area contributed by atoms with Gasteiger partial charge in [-0.3, -0.25) is 4.79 Å². The monoisotopic (exact) mass is 633 g/mol. The second kappa shape index (κ2) is 13.1. The first-order valence-corrected chi connectivity index (χ1v) is 15.1. The zero-order valence-electron chi connectivity index (χ0n) is 25.3. The third-order valence-corrected chi connectivity index (χ3v) is 8.16. The molecule has 10 nitrogen and oxygen atoms in total. The lowest BCUT2D eigenvalue weighted by atomic mass is 10.0. The second-order valence-electron chi connectivity index (χ2n) is 11.3. The van der Waals surface area contributed by atoms with E-state index in [1.54, 1.807) is 36.3 Å². The minimum Gasteiger partial charge on any atom is -0.495 e. The summed E-state index contributed by atoms with van der Waals surface area (Å²) in [7, 11) is 1.58. The molecule has 0 atom stereocenters. The Morgan fingerprint density at radius 2 is 1.85 bits per heavy atom. The van der Waals surface area contributed by atoms with E-state index in [0.29, 0.717) is 60.1 Å². The minimum atomic E-state index is -2.77. The third-order valence-electron chi connectivity index (χ3n) is 8.16. The van der Waals surface area contributed by atoms with E-state index in [9.17, 15) is 13.6 Å². The number of aromatic nitrogens is 3. The lowest BCUT2D eigenvalue weighted by Crippen LogP contribution is -2.43. The highest BCUT2D eigenvalue weighted by Gasteiger charge is 2.35. The molecule has 2 aliphatic heterocycles. The number of alkyl halides is 2. The summed E-state index contributed by atoms with van der Waals surface area (Å²) in [5.74, 6) is -1.47. The Morgan fingerprint density at radius 3 is 2.59 bits per heavy atom. The molecule has 2 N–H and O–H groups in total. The fraction of sp³-hybridized carbons (Fsp3) is 0.333. The van der Waals surface area contributed by atoms with Crippen molar-refractivity contribution in [2.24, 2.45) is 0 Å². The van der Waals surface area contributed by atoms with Gasteiger partial charge in [0.05, 0.1) is 30.5 Å². The highest BCUT2D eigenvalue weighted by Crippen LogP contribution is 2.36. The van der Waals surface area contributed by atoms with Crippen molar-refractivity contribution in [1.82, 2.24) is 19.9 Å². The van der Waals surface area contributed by atoms with Crippen LogP contribution in [0.4, 0.5) is 36.2 Å². The molecule has 0 aliphatic carbocycles. The maximum Gasteiger partial charge on any atom is 0.265 e. The summed E-state index contributed by atoms with van der Waals surface area (Å²) in [6, 6.07) is 11.3. The van der Waals surface area contributed by atoms with Gasteiger partial charge >= 0.3 is 0 Å². The fourth-order valence-electron chi connectivity index (χ4n) is 5.78. The lowest BCUT2D eigenvalue weighted by Gasteiger charge is -2.33. The maximum absolute atomic E-state index is 15.4. The van der Waals surface area contributed by atoms with Gasteiger partial charge in [-0.1, -0.05) is 6.58 Å². The zero-order chi connectivity index (χ0) is 32.3. The number of carbonyl (C=O) groups is 1. The molecule has 2 aromatic heterocycles. The number of benzene rings is 2. The molecule has 46 heavy (non-hydrogen) atoms. The van der Waals surface area contributed by atoms with Gasteiger partial charge in [0.25, 0.3) is 5.92 Å². The minimum absolute atomic E-state index is 0.0736. The van der Waals surface area contributed by atoms with Crippen LogP contribution < -0.4 is 25.0 Å². The molecule has 2 aromatic carbocycles. The quantitative estimate of drug-likeness (QED) is 0.199. The van der Waals surface area contributed by atoms with Crippen molar-refractivity contribution in [3.63, 3.8) is 0 Å². The third kappa shape index (κ3) is 6.93. The van der Waals surface area contributed by atoms with Crippen LogP contribution >= 0.6 is 0 Å². The Balaban J connectivity index is 1.18. The van der Waals surface area contributed by atoms with Gasteiger partial charge in [-0.15, -0.1) is 0 Å². The zero-order valence-corrected chi connectivity index (χ0v) is 25.3. The van der Waals surface area contributed by atoms with Gasteiger partial charge < -0.3 is 29.9 Å². The normalized spacial score (nSPS) is 16.6. The summed E-state index contributed by atoms with van der Waals surface area (Å²) < 4.78 is 54.7. The molecule has 1 amide bonds. The fourth-order valence-corrected chi connectivity index (χ4v) is 5.78. The van der Waals surface area contributed by atoms with E-state index in [1.807, 2.05) is 6.07 Å². The van der Waals surface area contributed by atoms with Gasteiger partial charge in [0.1, 0.15) is 41.0 Å². The number of nitrogens with one attached hydrogen (secondary N) is 2. The number of hydrogen-bond donors (Lipinski definition) is 2. The van der Waals surface area contributed by atoms with Gasteiger partial charge in [-0.2, -0.15) is 0 Å². The van der Waals surface area contributed by atoms with Crippen LogP contribution in [0.3, 0.4) is 0 Å². The highest BCUT2D eigenvalue weighted by atomic mass is 19.3. The number of methoxy groups -OCH3 is 1. The average molecular weight is 634 g/mol. The van der Waals surface area contributed by atoms with Crippen molar-refractivity contribution in [2.45, 2.75) is 37.6 Å². The standard InChI is InChI=1S/C33H34F3N7O3/c1-3-31(44)42-13-8-21(9-14-42)40-28-17-24-27(18-29(28)45-2)38-20-39-32(24)41-26-6-5-22(15-25(26)34)46-23-7-11-37-30(16-23)43-12-4-10-33(35,36)19-43/h3,5-7,11,15-18,20-21,40H,1,4,8-10,12-14,19H2,2H3,(H,38,39,41). The molecular formula is C33H34F3N7O3. The Bertz CT molecular complexity index is 1750. The molecule has 2 fully saturated rings. The van der Waals surface area contributed by atoms with Gasteiger partial charge in [0.15, 0.2) is 0 Å². The number of piperidine rings is 2. The van der Waals surface area contributed by atoms with Crippen LogP contribution in [0.5, 0.6) is 17.2 Å². The summed E-state index contributed by atoms with van der Waals surface area (Å²) in [6.45, 7) is 4.87. The van der Waals surface area contributed by atoms with E-state index in [1.165, 1.54) is 35.6 Å². The molecule has 4 aromatic rings. The van der Waals surface area contributed by atoms with Gasteiger partial charge in [0, 0.05) is 61.9 Å². The van der Waals surface area contributed by atoms with E-state index in [-0.39, 0.29) is 29.8 Å². The molecule has 0 bridgehead atoms. The van der Waals surface area contributed by atoms with Gasteiger partial charge in [-0.05, 0) is 49.6 Å². The van der Waals surface area contributed by atoms with Crippen LogP contribution in [0.15, 0.2) is 67.6 Å². The predicted molar refractivity (Wildman–Crippen MR) is 170 cm³/mol. The largest absolute Gasteiger partial charge is 0.495 e. The molecule has 0 spiro atoms. The van der Waals surface area contributed by atoms with Crippen LogP contribution in [-0.4, -0.2) is 71.0 Å². The molecule has 6 rings (SSSR count). The van der Waals surface area contributed by atoms with E-state index in [4.69, 9.17) is 9.47 Å². The Hall–Kier alpha value is -5.07. The molecule has 240 valence electrons. The average Bonchev–Trinajstić information content (AvgIpc) is 3.05. The Morgan fingerprint density at radius 1 is 1.04 bits per heavy atom. The smallest absolute Gasteiger partial charge is 0.265 e. The number of fused-ring (bicyclic) bond motifs is 1. The summed E-state index contributed by atoms with van der Waals surface area (Å²) >= 11 is 0. The van der Waals surface area contributed by atoms with Crippen molar-refractivity contribution in [3.05, 3.63) is 73.5 Å². The predicted octanol–water partition coefficient (Wildman–Crippen LogP) is 6.53. The van der Waals surface area contributed by atoms with E-state index < -0.39 is 18.3 Å². The summed E-state index contributed by atoms with van der Waals surface area (Å²) in [5, 5.41) is 7.24. The van der Waals surface area contributed by atoms with Gasteiger partial charge in [0.2, 0.25) is 5.91 Å². The molecule has 13 heteroatoms. The lowest BCUT2D eigenvalue weighted by molar-refractivity contribution is -0.126. The Kier molecular flexibility index (Phi) is 8.82. The van der Waals surface area contributed by atoms with Crippen molar-refractivity contribution < 1.29 is 27.4 Å². The maximum atomic E-state index is 15.4. The highest BCUT2D eigenvalue weighted by molar-refractivity contribution is 5.95. The molecule has 0 radical (unpaired) electrons. The number of nitrogens with zero attached hydrogens (tertiary/aromatic N) is 5. The number of amides is 1. The molecule has 0 saturated carbocycles. The summed E-state index contributed by atoms with van der Waals surface area (Å²) in [5.41, 5.74) is 1.50. The first-order chi connectivity index (χ1) is 22.2. The number of anilines is 4. The number of ether oxygens (including phenoxy) is 2. The molecule has 2 saturated heterocycles. The van der Waals surface area contributed by atoms with E-state index >= 15 is 4.39 Å². The molecule has 4 heterocycles. The van der Waals surface area contributed by atoms with E-state index in [0.717, 1.165) is 18.5 Å². The number of halogens is 3. The van der Waals surface area contributed by atoms with Gasteiger partial charge in [-0.25, -0.2) is 28.1 Å². The van der Waals surface area contributed by atoms with Crippen LogP contribution in [0.25, 0.3) is 10.9 Å². The van der Waals surface area contributed by atoms with Crippen molar-refractivity contribution in [2.75, 3.05) is 48.8 Å². The number of pyridine rings is 1. The van der Waals surface area contributed by atoms with E-state index in [2.05, 4.69) is 32.2 Å². The first kappa shape index (κ1) is 30.9. The van der Waals surface area contributed by atoms with Crippen LogP contribution in [0.1, 0.15) is 25.7 Å².